The summed E-state index contributed by atoms with van der Waals surface area (Å²) in [5, 5.41) is 0. The Balaban J connectivity index is 2.34. The van der Waals surface area contributed by atoms with Crippen LogP contribution in [-0.4, -0.2) is 24.3 Å². The largest absolute Gasteiger partial charge is 0.298 e. The number of unbranched alkanes of at least 4 members (excludes halogenated alkanes) is 1. The van der Waals surface area contributed by atoms with E-state index in [0.717, 1.165) is 31.3 Å². The molecule has 0 aliphatic rings. The van der Waals surface area contributed by atoms with Gasteiger partial charge in [-0.2, -0.15) is 4.57 Å². The zero-order chi connectivity index (χ0) is 17.8. The van der Waals surface area contributed by atoms with Crippen LogP contribution in [0.1, 0.15) is 38.7 Å². The van der Waals surface area contributed by atoms with Gasteiger partial charge < -0.3 is 0 Å². The Morgan fingerprint density at radius 1 is 1.17 bits per heavy atom. The molecule has 0 aromatic carbocycles. The van der Waals surface area contributed by atoms with Gasteiger partial charge in [0.25, 0.3) is 0 Å². The van der Waals surface area contributed by atoms with Crippen molar-refractivity contribution in [1.29, 1.82) is 0 Å². The quantitative estimate of drug-likeness (QED) is 0.271. The van der Waals surface area contributed by atoms with Gasteiger partial charge in [-0.1, -0.05) is 12.7 Å². The van der Waals surface area contributed by atoms with E-state index >= 15 is 0 Å². The van der Waals surface area contributed by atoms with Crippen LogP contribution in [0.2, 0.25) is 0 Å². The second-order valence-corrected chi connectivity index (χ2v) is 5.93. The first kappa shape index (κ1) is 19.7. The van der Waals surface area contributed by atoms with E-state index in [1.54, 1.807) is 13.1 Å². The lowest BCUT2D eigenvalue weighted by Crippen LogP contribution is -2.36. The van der Waals surface area contributed by atoms with E-state index in [9.17, 15) is 9.59 Å². The van der Waals surface area contributed by atoms with Crippen LogP contribution in [0.15, 0.2) is 53.8 Å². The number of rotatable bonds is 11. The van der Waals surface area contributed by atoms with Gasteiger partial charge in [0, 0.05) is 25.3 Å². The van der Waals surface area contributed by atoms with Gasteiger partial charge in [-0.25, -0.2) is 0 Å². The molecule has 1 aromatic heterocycles. The van der Waals surface area contributed by atoms with E-state index < -0.39 is 0 Å². The van der Waals surface area contributed by atoms with E-state index in [1.165, 1.54) is 12.5 Å². The van der Waals surface area contributed by atoms with Gasteiger partial charge >= 0.3 is 0 Å². The Labute approximate surface area is 144 Å². The van der Waals surface area contributed by atoms with Crippen molar-refractivity contribution in [2.24, 2.45) is 4.99 Å². The molecule has 0 N–H and O–H groups in total. The Morgan fingerprint density at radius 2 is 1.88 bits per heavy atom. The normalized spacial score (nSPS) is 11.7. The zero-order valence-corrected chi connectivity index (χ0v) is 14.7. The van der Waals surface area contributed by atoms with Crippen molar-refractivity contribution in [3.05, 3.63) is 54.4 Å². The first-order valence-corrected chi connectivity index (χ1v) is 8.29. The lowest BCUT2D eigenvalue weighted by Gasteiger charge is -2.02. The van der Waals surface area contributed by atoms with Crippen molar-refractivity contribution in [3.8, 4) is 0 Å². The molecule has 0 aliphatic carbocycles. The molecule has 0 spiro atoms. The smallest absolute Gasteiger partial charge is 0.206 e. The molecule has 0 saturated carbocycles. The van der Waals surface area contributed by atoms with Gasteiger partial charge in [0.1, 0.15) is 0 Å². The third-order valence-electron chi connectivity index (χ3n) is 3.52. The average molecular weight is 327 g/mol. The molecule has 0 saturated heterocycles. The summed E-state index contributed by atoms with van der Waals surface area (Å²) >= 11 is 0. The molecule has 0 unspecified atom stereocenters. The maximum Gasteiger partial charge on any atom is 0.206 e. The van der Waals surface area contributed by atoms with E-state index in [1.807, 2.05) is 29.1 Å². The monoisotopic (exact) mass is 327 g/mol. The lowest BCUT2D eigenvalue weighted by molar-refractivity contribution is -0.684. The van der Waals surface area contributed by atoms with Crippen LogP contribution in [0.5, 0.6) is 0 Å². The molecule has 4 nitrogen and oxygen atoms in total. The highest BCUT2D eigenvalue weighted by molar-refractivity contribution is 5.81. The minimum absolute atomic E-state index is 0.0623. The van der Waals surface area contributed by atoms with Gasteiger partial charge in [-0.3, -0.25) is 14.6 Å². The number of aliphatic imine (C=N–C) groups is 1. The number of pyridine rings is 1. The molecule has 0 fully saturated rings. The first-order chi connectivity index (χ1) is 11.5. The molecule has 0 atom stereocenters. The lowest BCUT2D eigenvalue weighted by atomic mass is 10.0. The highest BCUT2D eigenvalue weighted by Gasteiger charge is 2.04. The van der Waals surface area contributed by atoms with E-state index in [-0.39, 0.29) is 18.1 Å². The van der Waals surface area contributed by atoms with Crippen molar-refractivity contribution in [1.82, 2.24) is 0 Å². The Bertz CT molecular complexity index is 613. The van der Waals surface area contributed by atoms with Gasteiger partial charge in [0.15, 0.2) is 24.0 Å². The van der Waals surface area contributed by atoms with Crippen LogP contribution in [0.25, 0.3) is 0 Å². The van der Waals surface area contributed by atoms with Crippen molar-refractivity contribution in [2.45, 2.75) is 46.1 Å². The fourth-order valence-electron chi connectivity index (χ4n) is 2.26. The maximum absolute atomic E-state index is 11.1. The fourth-order valence-corrected chi connectivity index (χ4v) is 2.26. The summed E-state index contributed by atoms with van der Waals surface area (Å²) in [5.74, 6) is 0.218. The molecule has 24 heavy (non-hydrogen) atoms. The standard InChI is InChI=1S/C20H27N2O2/c1-4-19(9-12-21-15-17(2)23)7-5-6-8-20-10-13-22(14-11-20)16-18(3)24/h4,9-14H,1,5-8,15-16H2,2-3H3/q+1/b19-9+,21-12?. The summed E-state index contributed by atoms with van der Waals surface area (Å²) in [5.41, 5.74) is 2.41. The number of hydrogen-bond donors (Lipinski definition) is 0. The van der Waals surface area contributed by atoms with Crippen molar-refractivity contribution >= 4 is 17.8 Å². The van der Waals surface area contributed by atoms with Crippen LogP contribution in [0.4, 0.5) is 0 Å². The SMILES string of the molecule is C=C/C(=C\C=NCC(C)=O)CCCCc1cc[n+](CC(C)=O)cc1. The number of carbonyl (C=O) groups excluding carboxylic acids is 2. The molecule has 0 radical (unpaired) electrons. The molecular weight excluding hydrogens is 300 g/mol. The van der Waals surface area contributed by atoms with Crippen LogP contribution < -0.4 is 4.57 Å². The zero-order valence-electron chi connectivity index (χ0n) is 14.7. The number of allylic oxidation sites excluding steroid dienone is 3. The number of nitrogens with zero attached hydrogens (tertiary/aromatic N) is 2. The number of aryl methyl sites for hydroxylation is 1. The summed E-state index contributed by atoms with van der Waals surface area (Å²) in [6.07, 6.45) is 13.5. The van der Waals surface area contributed by atoms with Crippen molar-refractivity contribution in [3.63, 3.8) is 0 Å². The first-order valence-electron chi connectivity index (χ1n) is 8.29. The summed E-state index contributed by atoms with van der Waals surface area (Å²) in [6.45, 7) is 7.60. The molecule has 4 heteroatoms. The Kier molecular flexibility index (Phi) is 9.20. The number of carbonyl (C=O) groups is 2. The van der Waals surface area contributed by atoms with Crippen molar-refractivity contribution in [2.75, 3.05) is 6.54 Å². The topological polar surface area (TPSA) is 50.4 Å². The summed E-state index contributed by atoms with van der Waals surface area (Å²) in [4.78, 5) is 25.9. The average Bonchev–Trinajstić information content (AvgIpc) is 2.54. The third-order valence-corrected chi connectivity index (χ3v) is 3.52. The van der Waals surface area contributed by atoms with E-state index in [2.05, 4.69) is 23.7 Å². The van der Waals surface area contributed by atoms with Crippen LogP contribution in [0.3, 0.4) is 0 Å². The van der Waals surface area contributed by atoms with Gasteiger partial charge in [0.05, 0.1) is 6.54 Å². The van der Waals surface area contributed by atoms with Gasteiger partial charge in [0.2, 0.25) is 6.54 Å². The Hall–Kier alpha value is -2.36. The van der Waals surface area contributed by atoms with Crippen LogP contribution >= 0.6 is 0 Å². The minimum Gasteiger partial charge on any atom is -0.298 e. The highest BCUT2D eigenvalue weighted by Crippen LogP contribution is 2.11. The third kappa shape index (κ3) is 8.93. The molecule has 1 aromatic rings. The highest BCUT2D eigenvalue weighted by atomic mass is 16.1. The Morgan fingerprint density at radius 3 is 2.46 bits per heavy atom. The predicted molar refractivity (Wildman–Crippen MR) is 97.2 cm³/mol. The molecule has 128 valence electrons. The van der Waals surface area contributed by atoms with E-state index in [0.29, 0.717) is 6.54 Å². The molecule has 1 rings (SSSR count). The van der Waals surface area contributed by atoms with Gasteiger partial charge in [-0.05, 0) is 49.8 Å². The molecular formula is C20H27N2O2+. The summed E-state index contributed by atoms with van der Waals surface area (Å²) in [6, 6.07) is 4.14. The molecule has 0 bridgehead atoms. The molecule has 0 aliphatic heterocycles. The van der Waals surface area contributed by atoms with Gasteiger partial charge in [-0.15, -0.1) is 0 Å². The predicted octanol–water partition coefficient (Wildman–Crippen LogP) is 3.05. The number of hydrogen-bond acceptors (Lipinski definition) is 3. The number of aromatic nitrogens is 1. The van der Waals surface area contributed by atoms with Crippen LogP contribution in [0, 0.1) is 0 Å². The van der Waals surface area contributed by atoms with E-state index in [4.69, 9.17) is 0 Å². The fraction of sp³-hybridized carbons (Fsp3) is 0.400. The molecule has 0 amide bonds. The minimum atomic E-state index is 0.0623. The maximum atomic E-state index is 11.1. The molecule has 1 heterocycles. The summed E-state index contributed by atoms with van der Waals surface area (Å²) < 4.78 is 1.89. The number of Topliss-reactive ketones (excluding diaryl/α,β-unsaturated/α-hetero) is 2. The summed E-state index contributed by atoms with van der Waals surface area (Å²) in [7, 11) is 0. The second-order valence-electron chi connectivity index (χ2n) is 5.93. The van der Waals surface area contributed by atoms with Crippen LogP contribution in [-0.2, 0) is 22.6 Å². The number of ketones is 2. The van der Waals surface area contributed by atoms with Crippen molar-refractivity contribution < 1.29 is 14.2 Å². The second kappa shape index (κ2) is 11.2.